The van der Waals surface area contributed by atoms with Crippen molar-refractivity contribution in [1.82, 2.24) is 5.32 Å². The van der Waals surface area contributed by atoms with Crippen LogP contribution in [0.25, 0.3) is 0 Å². The second-order valence-electron chi connectivity index (χ2n) is 4.38. The van der Waals surface area contributed by atoms with Crippen molar-refractivity contribution >= 4 is 5.78 Å². The summed E-state index contributed by atoms with van der Waals surface area (Å²) in [5.41, 5.74) is 0.653. The summed E-state index contributed by atoms with van der Waals surface area (Å²) < 4.78 is 17.0. The van der Waals surface area contributed by atoms with Gasteiger partial charge in [0.25, 0.3) is 0 Å². The van der Waals surface area contributed by atoms with Gasteiger partial charge in [-0.1, -0.05) is 25.0 Å². The van der Waals surface area contributed by atoms with Crippen LogP contribution in [0, 0.1) is 0 Å². The number of carbonyl (C=O) groups excluding carboxylic acids is 1. The van der Waals surface area contributed by atoms with Crippen LogP contribution in [0.5, 0.6) is 0 Å². The number of hydrogen-bond acceptors (Lipinski definition) is 6. The molecule has 0 aromatic rings. The van der Waals surface area contributed by atoms with Crippen LogP contribution < -0.4 is 5.32 Å². The third-order valence-corrected chi connectivity index (χ3v) is 3.10. The predicted octanol–water partition coefficient (Wildman–Crippen LogP) is 0.827. The van der Waals surface area contributed by atoms with Crippen LogP contribution in [0.4, 0.5) is 0 Å². The van der Waals surface area contributed by atoms with Gasteiger partial charge in [0.05, 0.1) is 12.1 Å². The van der Waals surface area contributed by atoms with E-state index in [1.807, 2.05) is 6.08 Å². The van der Waals surface area contributed by atoms with E-state index in [0.717, 1.165) is 32.8 Å². The number of rotatable bonds is 2. The molecule has 6 nitrogen and oxygen atoms in total. The molecule has 0 amide bonds. The van der Waals surface area contributed by atoms with Crippen LogP contribution in [-0.4, -0.2) is 35.3 Å². The first-order valence-electron chi connectivity index (χ1n) is 6.59. The number of aliphatic hydroxyl groups excluding tert-OH is 2. The molecular formula is C14H21MoNO5. The molecule has 0 aliphatic heterocycles. The number of nitrogens with one attached hydrogen (secondary N) is 1. The van der Waals surface area contributed by atoms with Gasteiger partial charge in [0.15, 0.2) is 5.78 Å². The van der Waals surface area contributed by atoms with Gasteiger partial charge >= 0.3 is 25.3 Å². The molecule has 118 valence electrons. The Kier molecular flexibility index (Phi) is 12.0. The zero-order valence-corrected chi connectivity index (χ0v) is 13.9. The molecule has 0 spiro atoms. The number of carbonyl (C=O) groups is 1. The molecule has 0 unspecified atom stereocenters. The second-order valence-corrected chi connectivity index (χ2v) is 4.71. The van der Waals surface area contributed by atoms with E-state index < -0.39 is 18.5 Å². The van der Waals surface area contributed by atoms with Gasteiger partial charge in [-0.25, -0.2) is 0 Å². The van der Waals surface area contributed by atoms with E-state index in [-0.39, 0.29) is 17.9 Å². The van der Waals surface area contributed by atoms with E-state index >= 15 is 0 Å². The number of ketones is 1. The Hall–Kier alpha value is -1.10. The third-order valence-electron chi connectivity index (χ3n) is 3.10. The average Bonchev–Trinajstić information content (AvgIpc) is 2.51. The molecule has 21 heavy (non-hydrogen) atoms. The van der Waals surface area contributed by atoms with Crippen LogP contribution in [0.15, 0.2) is 36.1 Å². The molecule has 1 fully saturated rings. The maximum atomic E-state index is 11.4. The van der Waals surface area contributed by atoms with Gasteiger partial charge < -0.3 is 15.5 Å². The molecule has 0 aromatic carbocycles. The van der Waals surface area contributed by atoms with Crippen LogP contribution in [0.3, 0.4) is 0 Å². The topological polar surface area (TPSA) is 104 Å². The van der Waals surface area contributed by atoms with Crippen LogP contribution in [-0.2, 0) is 30.1 Å². The Morgan fingerprint density at radius 3 is 2.33 bits per heavy atom. The van der Waals surface area contributed by atoms with Crippen LogP contribution in [0.1, 0.15) is 25.7 Å². The van der Waals surface area contributed by atoms with Crippen molar-refractivity contribution in [2.45, 2.75) is 37.8 Å². The second kappa shape index (κ2) is 12.6. The van der Waals surface area contributed by atoms with Gasteiger partial charge in [-0.15, -0.1) is 0 Å². The SMILES string of the molecule is CO.O=C1C=CC=C/C1=C\N[C@@H]1CCCC[C@H]1O.[O]=[Mo]=[O]. The number of allylic oxidation sites excluding steroid dienone is 5. The van der Waals surface area contributed by atoms with Gasteiger partial charge in [-0.2, -0.15) is 0 Å². The standard InChI is InChI=1S/C13H17NO2.CH4O.Mo.2O/c15-12-7-3-1-5-10(12)9-14-11-6-2-4-8-13(11)16;1-2;;;/h1,3,5,7,9,11,13-14,16H,2,4,6,8H2;2H,1H3;;;/b10-9+;;;;/t11-,13-;;;;/m1..../s1. The minimum absolute atomic E-state index is 0.0142. The molecule has 3 N–H and O–H groups in total. The van der Waals surface area contributed by atoms with E-state index in [1.165, 1.54) is 0 Å². The Bertz CT molecular complexity index is 439. The molecule has 1 saturated carbocycles. The van der Waals surface area contributed by atoms with Gasteiger partial charge in [0.2, 0.25) is 0 Å². The van der Waals surface area contributed by atoms with Crippen molar-refractivity contribution in [3.8, 4) is 0 Å². The Labute approximate surface area is 132 Å². The summed E-state index contributed by atoms with van der Waals surface area (Å²) in [7, 11) is 1.00. The first kappa shape index (κ1) is 19.9. The molecule has 0 aromatic heterocycles. The number of hydrogen-bond donors (Lipinski definition) is 3. The summed E-state index contributed by atoms with van der Waals surface area (Å²) in [6, 6.07) is 0.0911. The van der Waals surface area contributed by atoms with Crippen molar-refractivity contribution in [3.63, 3.8) is 0 Å². The van der Waals surface area contributed by atoms with Gasteiger partial charge in [0, 0.05) is 18.9 Å². The van der Waals surface area contributed by atoms with Crippen molar-refractivity contribution in [2.75, 3.05) is 7.11 Å². The molecule has 2 atom stereocenters. The fraction of sp³-hybridized carbons (Fsp3) is 0.500. The molecule has 7 heteroatoms. The number of aliphatic hydroxyl groups is 2. The Morgan fingerprint density at radius 2 is 1.76 bits per heavy atom. The zero-order valence-electron chi connectivity index (χ0n) is 11.9. The van der Waals surface area contributed by atoms with E-state index in [4.69, 9.17) is 11.9 Å². The molecule has 2 aliphatic rings. The van der Waals surface area contributed by atoms with Crippen LogP contribution in [0.2, 0.25) is 0 Å². The van der Waals surface area contributed by atoms with E-state index in [1.54, 1.807) is 24.4 Å². The van der Waals surface area contributed by atoms with Gasteiger partial charge in [-0.05, 0) is 25.0 Å². The third kappa shape index (κ3) is 8.05. The molecule has 0 saturated heterocycles. The minimum atomic E-state index is -2.03. The van der Waals surface area contributed by atoms with Crippen LogP contribution >= 0.6 is 0 Å². The molecule has 0 bridgehead atoms. The summed E-state index contributed by atoms with van der Waals surface area (Å²) >= 11 is -2.03. The van der Waals surface area contributed by atoms with Crippen molar-refractivity contribution in [1.29, 1.82) is 0 Å². The molecular weight excluding hydrogens is 358 g/mol. The summed E-state index contributed by atoms with van der Waals surface area (Å²) in [6.07, 6.45) is 12.4. The molecule has 0 heterocycles. The summed E-state index contributed by atoms with van der Waals surface area (Å²) in [5.74, 6) is 0.0142. The quantitative estimate of drug-likeness (QED) is 0.485. The molecule has 2 aliphatic carbocycles. The van der Waals surface area contributed by atoms with E-state index in [9.17, 15) is 9.90 Å². The predicted molar refractivity (Wildman–Crippen MR) is 72.3 cm³/mol. The zero-order chi connectivity index (χ0) is 16.1. The van der Waals surface area contributed by atoms with Crippen molar-refractivity contribution < 1.29 is 40.3 Å². The van der Waals surface area contributed by atoms with Crippen molar-refractivity contribution in [3.05, 3.63) is 36.1 Å². The first-order valence-corrected chi connectivity index (χ1v) is 8.22. The Morgan fingerprint density at radius 1 is 1.19 bits per heavy atom. The summed E-state index contributed by atoms with van der Waals surface area (Å²) in [6.45, 7) is 0. The van der Waals surface area contributed by atoms with E-state index in [2.05, 4.69) is 5.32 Å². The fourth-order valence-electron chi connectivity index (χ4n) is 2.10. The fourth-order valence-corrected chi connectivity index (χ4v) is 2.10. The summed E-state index contributed by atoms with van der Waals surface area (Å²) in [5, 5.41) is 19.9. The van der Waals surface area contributed by atoms with Crippen molar-refractivity contribution in [2.24, 2.45) is 0 Å². The van der Waals surface area contributed by atoms with E-state index in [0.29, 0.717) is 5.57 Å². The average molecular weight is 379 g/mol. The summed E-state index contributed by atoms with van der Waals surface area (Å²) in [4.78, 5) is 11.4. The first-order chi connectivity index (χ1) is 10.2. The molecule has 2 rings (SSSR count). The maximum absolute atomic E-state index is 11.4. The normalized spacial score (nSPS) is 25.3. The van der Waals surface area contributed by atoms with Gasteiger partial charge in [0.1, 0.15) is 0 Å². The molecule has 0 radical (unpaired) electrons. The monoisotopic (exact) mass is 381 g/mol. The van der Waals surface area contributed by atoms with Gasteiger partial charge in [-0.3, -0.25) is 4.79 Å². The Balaban J connectivity index is 0.000000713.